The van der Waals surface area contributed by atoms with Crippen molar-refractivity contribution in [2.45, 2.75) is 18.9 Å². The van der Waals surface area contributed by atoms with E-state index >= 15 is 0 Å². The summed E-state index contributed by atoms with van der Waals surface area (Å²) in [6.45, 7) is 0. The second-order valence-corrected chi connectivity index (χ2v) is 3.34. The van der Waals surface area contributed by atoms with Crippen molar-refractivity contribution >= 4 is 11.6 Å². The lowest BCUT2D eigenvalue weighted by Gasteiger charge is -2.01. The molecule has 0 amide bonds. The molecule has 0 spiro atoms. The highest BCUT2D eigenvalue weighted by atomic mass is 35.5. The van der Waals surface area contributed by atoms with E-state index in [9.17, 15) is 14.0 Å². The Morgan fingerprint density at radius 3 is 2.62 bits per heavy atom. The van der Waals surface area contributed by atoms with Crippen molar-refractivity contribution in [1.29, 1.82) is 0 Å². The van der Waals surface area contributed by atoms with Crippen molar-refractivity contribution in [2.24, 2.45) is 0 Å². The van der Waals surface area contributed by atoms with E-state index in [0.717, 1.165) is 17.4 Å². The zero-order valence-electron chi connectivity index (χ0n) is 6.51. The normalized spacial score (nSPS) is 16.2. The Morgan fingerprint density at radius 2 is 2.08 bits per heavy atom. The van der Waals surface area contributed by atoms with E-state index in [2.05, 4.69) is 4.98 Å². The van der Waals surface area contributed by atoms with E-state index in [-0.39, 0.29) is 6.04 Å². The molecule has 0 aliphatic heterocycles. The molecular weight excluding hydrogens is 199 g/mol. The van der Waals surface area contributed by atoms with E-state index in [1.165, 1.54) is 0 Å². The van der Waals surface area contributed by atoms with Crippen molar-refractivity contribution in [2.75, 3.05) is 0 Å². The van der Waals surface area contributed by atoms with Gasteiger partial charge in [0.1, 0.15) is 0 Å². The van der Waals surface area contributed by atoms with Gasteiger partial charge in [-0.2, -0.15) is 4.39 Å². The summed E-state index contributed by atoms with van der Waals surface area (Å²) in [5, 5.41) is -0.521. The van der Waals surface area contributed by atoms with Gasteiger partial charge in [0.05, 0.1) is 0 Å². The Kier molecular flexibility index (Phi) is 1.76. The topological polar surface area (TPSA) is 54.9 Å². The third kappa shape index (κ3) is 1.29. The monoisotopic (exact) mass is 204 g/mol. The molecule has 1 aliphatic carbocycles. The van der Waals surface area contributed by atoms with Gasteiger partial charge in [0.25, 0.3) is 5.56 Å². The van der Waals surface area contributed by atoms with Crippen LogP contribution in [0, 0.1) is 5.82 Å². The molecule has 0 saturated heterocycles. The van der Waals surface area contributed by atoms with Crippen LogP contribution in [0.4, 0.5) is 4.39 Å². The van der Waals surface area contributed by atoms with Gasteiger partial charge in [-0.25, -0.2) is 4.79 Å². The average Bonchev–Trinajstić information content (AvgIpc) is 2.84. The first kappa shape index (κ1) is 8.50. The van der Waals surface area contributed by atoms with Crippen LogP contribution < -0.4 is 11.2 Å². The second kappa shape index (κ2) is 2.70. The molecular formula is C7H6ClFN2O2. The fourth-order valence-electron chi connectivity index (χ4n) is 1.17. The maximum absolute atomic E-state index is 12.9. The minimum atomic E-state index is -1.09. The molecule has 0 aromatic carbocycles. The Bertz CT molecular complexity index is 461. The molecule has 1 fully saturated rings. The quantitative estimate of drug-likeness (QED) is 0.684. The van der Waals surface area contributed by atoms with Crippen LogP contribution in [0.15, 0.2) is 9.59 Å². The van der Waals surface area contributed by atoms with E-state index in [0.29, 0.717) is 0 Å². The van der Waals surface area contributed by atoms with E-state index in [1.54, 1.807) is 0 Å². The predicted octanol–water partition coefficient (Wildman–Crippen LogP) is 0.664. The largest absolute Gasteiger partial charge is 0.329 e. The van der Waals surface area contributed by atoms with Gasteiger partial charge in [-0.05, 0) is 12.8 Å². The molecule has 0 radical (unpaired) electrons. The third-order valence-electron chi connectivity index (χ3n) is 1.95. The fourth-order valence-corrected chi connectivity index (χ4v) is 1.33. The van der Waals surface area contributed by atoms with Crippen LogP contribution in [0.2, 0.25) is 5.15 Å². The molecule has 1 aromatic heterocycles. The van der Waals surface area contributed by atoms with Gasteiger partial charge >= 0.3 is 5.69 Å². The Labute approximate surface area is 77.0 Å². The van der Waals surface area contributed by atoms with Crippen LogP contribution in [0.1, 0.15) is 18.9 Å². The van der Waals surface area contributed by atoms with Gasteiger partial charge in [0.15, 0.2) is 5.15 Å². The number of nitrogens with zero attached hydrogens (tertiary/aromatic N) is 1. The molecule has 13 heavy (non-hydrogen) atoms. The molecule has 1 heterocycles. The van der Waals surface area contributed by atoms with Crippen LogP contribution in [-0.2, 0) is 0 Å². The molecule has 1 N–H and O–H groups in total. The zero-order valence-corrected chi connectivity index (χ0v) is 7.27. The number of aromatic amines is 1. The van der Waals surface area contributed by atoms with Gasteiger partial charge in [0, 0.05) is 6.04 Å². The van der Waals surface area contributed by atoms with Gasteiger partial charge < -0.3 is 0 Å². The highest BCUT2D eigenvalue weighted by Gasteiger charge is 2.28. The van der Waals surface area contributed by atoms with Crippen LogP contribution in [0.3, 0.4) is 0 Å². The molecule has 0 atom stereocenters. The fraction of sp³-hybridized carbons (Fsp3) is 0.429. The van der Waals surface area contributed by atoms with Gasteiger partial charge in [-0.15, -0.1) is 0 Å². The maximum atomic E-state index is 12.9. The Balaban J connectivity index is 2.75. The molecule has 70 valence electrons. The number of hydrogen-bond acceptors (Lipinski definition) is 2. The number of aromatic nitrogens is 2. The molecule has 1 aromatic rings. The second-order valence-electron chi connectivity index (χ2n) is 2.96. The van der Waals surface area contributed by atoms with Crippen LogP contribution in [0.25, 0.3) is 0 Å². The summed E-state index contributed by atoms with van der Waals surface area (Å²) >= 11 is 5.27. The van der Waals surface area contributed by atoms with Crippen molar-refractivity contribution in [3.63, 3.8) is 0 Å². The smallest absolute Gasteiger partial charge is 0.295 e. The van der Waals surface area contributed by atoms with Crippen molar-refractivity contribution in [3.05, 3.63) is 31.8 Å². The van der Waals surface area contributed by atoms with E-state index < -0.39 is 22.2 Å². The summed E-state index contributed by atoms with van der Waals surface area (Å²) in [5.74, 6) is -1.09. The Morgan fingerprint density at radius 1 is 1.46 bits per heavy atom. The lowest BCUT2D eigenvalue weighted by Crippen LogP contribution is -2.36. The first-order valence-corrected chi connectivity index (χ1v) is 4.19. The SMILES string of the molecule is O=c1[nH]c(Cl)c(F)c(=O)n1C1CC1. The first-order chi connectivity index (χ1) is 6.11. The summed E-state index contributed by atoms with van der Waals surface area (Å²) in [7, 11) is 0. The standard InChI is InChI=1S/C7H6ClFN2O2/c8-5-4(9)6(12)11(3-1-2-3)7(13)10-5/h3H,1-2H2,(H,10,13). The molecule has 6 heteroatoms. The van der Waals surface area contributed by atoms with Gasteiger partial charge in [-0.3, -0.25) is 14.3 Å². The Hall–Kier alpha value is -1.10. The molecule has 4 nitrogen and oxygen atoms in total. The molecule has 2 rings (SSSR count). The number of nitrogens with one attached hydrogen (secondary N) is 1. The predicted molar refractivity (Wildman–Crippen MR) is 44.6 cm³/mol. The zero-order chi connectivity index (χ0) is 9.59. The van der Waals surface area contributed by atoms with Gasteiger partial charge in [-0.1, -0.05) is 11.6 Å². The molecule has 0 unspecified atom stereocenters. The van der Waals surface area contributed by atoms with Crippen molar-refractivity contribution < 1.29 is 4.39 Å². The lowest BCUT2D eigenvalue weighted by atomic mass is 10.5. The third-order valence-corrected chi connectivity index (χ3v) is 2.21. The maximum Gasteiger partial charge on any atom is 0.329 e. The minimum absolute atomic E-state index is 0.150. The molecule has 1 aliphatic rings. The number of halogens is 2. The lowest BCUT2D eigenvalue weighted by molar-refractivity contribution is 0.545. The van der Waals surface area contributed by atoms with Crippen LogP contribution in [0.5, 0.6) is 0 Å². The number of hydrogen-bond donors (Lipinski definition) is 1. The van der Waals surface area contributed by atoms with Crippen molar-refractivity contribution in [1.82, 2.24) is 9.55 Å². The number of H-pyrrole nitrogens is 1. The molecule has 0 bridgehead atoms. The van der Waals surface area contributed by atoms with Gasteiger partial charge in [0.2, 0.25) is 5.82 Å². The van der Waals surface area contributed by atoms with Crippen molar-refractivity contribution in [3.8, 4) is 0 Å². The minimum Gasteiger partial charge on any atom is -0.295 e. The highest BCUT2D eigenvalue weighted by molar-refractivity contribution is 6.29. The highest BCUT2D eigenvalue weighted by Crippen LogP contribution is 2.32. The van der Waals surface area contributed by atoms with Crippen LogP contribution >= 0.6 is 11.6 Å². The average molecular weight is 205 g/mol. The summed E-state index contributed by atoms with van der Waals surface area (Å²) in [6, 6.07) is -0.150. The van der Waals surface area contributed by atoms with E-state index in [1.807, 2.05) is 0 Å². The summed E-state index contributed by atoms with van der Waals surface area (Å²) < 4.78 is 13.8. The summed E-state index contributed by atoms with van der Waals surface area (Å²) in [5.41, 5.74) is -1.57. The summed E-state index contributed by atoms with van der Waals surface area (Å²) in [4.78, 5) is 24.4. The van der Waals surface area contributed by atoms with Crippen LogP contribution in [-0.4, -0.2) is 9.55 Å². The number of rotatable bonds is 1. The van der Waals surface area contributed by atoms with E-state index in [4.69, 9.17) is 11.6 Å². The summed E-state index contributed by atoms with van der Waals surface area (Å²) in [6.07, 6.45) is 1.48. The molecule has 1 saturated carbocycles. The first-order valence-electron chi connectivity index (χ1n) is 3.81.